The number of nitrogens with zero attached hydrogens (tertiary/aromatic N) is 1. The zero-order valence-corrected chi connectivity index (χ0v) is 12.4. The molecule has 2 aromatic rings. The van der Waals surface area contributed by atoms with Crippen LogP contribution in [0.2, 0.25) is 0 Å². The molecule has 0 spiro atoms. The maximum atomic E-state index is 12.1. The van der Waals surface area contributed by atoms with E-state index < -0.39 is 9.84 Å². The third-order valence-corrected chi connectivity index (χ3v) is 5.06. The predicted molar refractivity (Wildman–Crippen MR) is 78.4 cm³/mol. The van der Waals surface area contributed by atoms with Crippen LogP contribution < -0.4 is 0 Å². The van der Waals surface area contributed by atoms with Crippen LogP contribution in [0.3, 0.4) is 0 Å². The Morgan fingerprint density at radius 1 is 1.24 bits per heavy atom. The first kappa shape index (κ1) is 14.3. The fourth-order valence-electron chi connectivity index (χ4n) is 2.46. The van der Waals surface area contributed by atoms with Crippen molar-refractivity contribution in [2.45, 2.75) is 24.7 Å². The van der Waals surface area contributed by atoms with Gasteiger partial charge in [-0.15, -0.1) is 0 Å². The lowest BCUT2D eigenvalue weighted by Crippen LogP contribution is -2.21. The van der Waals surface area contributed by atoms with Crippen molar-refractivity contribution in [2.24, 2.45) is 0 Å². The molecular formula is C15H17NO4S. The minimum absolute atomic E-state index is 0.0500. The summed E-state index contributed by atoms with van der Waals surface area (Å²) in [6.07, 6.45) is 1.57. The van der Waals surface area contributed by atoms with E-state index in [1.165, 1.54) is 0 Å². The molecule has 5 nitrogen and oxygen atoms in total. The molecule has 0 N–H and O–H groups in total. The van der Waals surface area contributed by atoms with Gasteiger partial charge in [-0.2, -0.15) is 0 Å². The first-order valence-corrected chi connectivity index (χ1v) is 8.77. The Morgan fingerprint density at radius 3 is 2.76 bits per heavy atom. The van der Waals surface area contributed by atoms with Crippen LogP contribution in [-0.2, 0) is 20.3 Å². The van der Waals surface area contributed by atoms with Gasteiger partial charge in [0, 0.05) is 18.2 Å². The molecule has 0 aliphatic carbocycles. The minimum Gasteiger partial charge on any atom is -0.377 e. The summed E-state index contributed by atoms with van der Waals surface area (Å²) >= 11 is 0. The van der Waals surface area contributed by atoms with Gasteiger partial charge in [-0.05, 0) is 12.8 Å². The Balaban J connectivity index is 1.69. The Kier molecular flexibility index (Phi) is 4.07. The Hall–Kier alpha value is -1.66. The molecule has 6 heteroatoms. The lowest BCUT2D eigenvalue weighted by atomic mass is 10.1. The quantitative estimate of drug-likeness (QED) is 0.848. The van der Waals surface area contributed by atoms with Crippen LogP contribution >= 0.6 is 0 Å². The van der Waals surface area contributed by atoms with Crippen LogP contribution in [0, 0.1) is 0 Å². The Morgan fingerprint density at radius 2 is 2.05 bits per heavy atom. The number of hydrogen-bond donors (Lipinski definition) is 0. The Labute approximate surface area is 123 Å². The van der Waals surface area contributed by atoms with E-state index >= 15 is 0 Å². The average molecular weight is 307 g/mol. The van der Waals surface area contributed by atoms with Crippen LogP contribution in [0.1, 0.15) is 18.6 Å². The zero-order valence-electron chi connectivity index (χ0n) is 11.6. The predicted octanol–water partition coefficient (Wildman–Crippen LogP) is 2.44. The monoisotopic (exact) mass is 307 g/mol. The standard InChI is InChI=1S/C15H17NO4S/c17-21(18,10-13-7-4-8-19-13)11-14-9-15(16-20-14)12-5-2-1-3-6-12/h1-3,5-6,9,13H,4,7-8,10-11H2. The molecule has 1 saturated heterocycles. The van der Waals surface area contributed by atoms with Gasteiger partial charge >= 0.3 is 0 Å². The zero-order chi connectivity index (χ0) is 14.7. The molecule has 1 aliphatic rings. The molecule has 0 radical (unpaired) electrons. The van der Waals surface area contributed by atoms with E-state index in [1.807, 2.05) is 30.3 Å². The van der Waals surface area contributed by atoms with E-state index in [-0.39, 0.29) is 17.6 Å². The first-order valence-electron chi connectivity index (χ1n) is 6.95. The van der Waals surface area contributed by atoms with Crippen LogP contribution in [0.25, 0.3) is 11.3 Å². The molecule has 2 heterocycles. The van der Waals surface area contributed by atoms with Gasteiger partial charge in [0.1, 0.15) is 11.4 Å². The van der Waals surface area contributed by atoms with Crippen molar-refractivity contribution in [1.29, 1.82) is 0 Å². The highest BCUT2D eigenvalue weighted by Crippen LogP contribution is 2.21. The van der Waals surface area contributed by atoms with E-state index in [4.69, 9.17) is 9.26 Å². The number of aromatic nitrogens is 1. The molecule has 0 bridgehead atoms. The largest absolute Gasteiger partial charge is 0.377 e. The first-order chi connectivity index (χ1) is 10.1. The van der Waals surface area contributed by atoms with Crippen LogP contribution in [0.15, 0.2) is 40.9 Å². The van der Waals surface area contributed by atoms with Crippen LogP contribution in [-0.4, -0.2) is 32.0 Å². The van der Waals surface area contributed by atoms with Gasteiger partial charge in [0.2, 0.25) is 0 Å². The third-order valence-electron chi connectivity index (χ3n) is 3.45. The molecule has 1 aromatic heterocycles. The topological polar surface area (TPSA) is 69.4 Å². The smallest absolute Gasteiger partial charge is 0.160 e. The van der Waals surface area contributed by atoms with Gasteiger partial charge in [-0.3, -0.25) is 0 Å². The summed E-state index contributed by atoms with van der Waals surface area (Å²) in [4.78, 5) is 0. The minimum atomic E-state index is -3.25. The summed E-state index contributed by atoms with van der Waals surface area (Å²) in [5.74, 6) is 0.285. The molecular weight excluding hydrogens is 290 g/mol. The molecule has 21 heavy (non-hydrogen) atoms. The van der Waals surface area contributed by atoms with Gasteiger partial charge in [0.15, 0.2) is 15.6 Å². The van der Waals surface area contributed by atoms with Crippen molar-refractivity contribution in [3.05, 3.63) is 42.2 Å². The second-order valence-corrected chi connectivity index (χ2v) is 7.34. The summed E-state index contributed by atoms with van der Waals surface area (Å²) in [5.41, 5.74) is 1.56. The fraction of sp³-hybridized carbons (Fsp3) is 0.400. The van der Waals surface area contributed by atoms with Crippen molar-refractivity contribution in [3.63, 3.8) is 0 Å². The molecule has 0 amide bonds. The van der Waals surface area contributed by atoms with Crippen LogP contribution in [0.5, 0.6) is 0 Å². The summed E-state index contributed by atoms with van der Waals surface area (Å²) in [7, 11) is -3.25. The fourth-order valence-corrected chi connectivity index (χ4v) is 3.98. The summed E-state index contributed by atoms with van der Waals surface area (Å²) in [6.45, 7) is 0.653. The highest BCUT2D eigenvalue weighted by atomic mass is 32.2. The van der Waals surface area contributed by atoms with E-state index in [2.05, 4.69) is 5.16 Å². The highest BCUT2D eigenvalue weighted by Gasteiger charge is 2.25. The average Bonchev–Trinajstić information content (AvgIpc) is 3.10. The number of ether oxygens (including phenoxy) is 1. The molecule has 1 unspecified atom stereocenters. The lowest BCUT2D eigenvalue weighted by Gasteiger charge is -2.08. The van der Waals surface area contributed by atoms with Gasteiger partial charge < -0.3 is 9.26 Å². The summed E-state index contributed by atoms with van der Waals surface area (Å²) < 4.78 is 34.8. The molecule has 1 aliphatic heterocycles. The SMILES string of the molecule is O=S(=O)(Cc1cc(-c2ccccc2)no1)CC1CCCO1. The van der Waals surface area contributed by atoms with Gasteiger partial charge in [-0.25, -0.2) is 8.42 Å². The highest BCUT2D eigenvalue weighted by molar-refractivity contribution is 7.90. The second kappa shape index (κ2) is 5.99. The number of hydrogen-bond acceptors (Lipinski definition) is 5. The van der Waals surface area contributed by atoms with Gasteiger partial charge in [0.05, 0.1) is 11.9 Å². The van der Waals surface area contributed by atoms with Crippen molar-refractivity contribution in [2.75, 3.05) is 12.4 Å². The van der Waals surface area contributed by atoms with E-state index in [0.717, 1.165) is 18.4 Å². The van der Waals surface area contributed by atoms with Crippen molar-refractivity contribution >= 4 is 9.84 Å². The van der Waals surface area contributed by atoms with Crippen molar-refractivity contribution in [1.82, 2.24) is 5.16 Å². The summed E-state index contributed by atoms with van der Waals surface area (Å²) in [6, 6.07) is 11.2. The molecule has 1 atom stereocenters. The maximum Gasteiger partial charge on any atom is 0.160 e. The number of rotatable bonds is 5. The van der Waals surface area contributed by atoms with Crippen molar-refractivity contribution < 1.29 is 17.7 Å². The molecule has 3 rings (SSSR count). The molecule has 1 aromatic carbocycles. The van der Waals surface area contributed by atoms with Gasteiger partial charge in [-0.1, -0.05) is 35.5 Å². The van der Waals surface area contributed by atoms with E-state index in [9.17, 15) is 8.42 Å². The Bertz CT molecular complexity index is 687. The number of benzene rings is 1. The second-order valence-electron chi connectivity index (χ2n) is 5.23. The maximum absolute atomic E-state index is 12.1. The lowest BCUT2D eigenvalue weighted by molar-refractivity contribution is 0.127. The molecule has 0 saturated carbocycles. The third kappa shape index (κ3) is 3.71. The normalized spacial score (nSPS) is 19.0. The van der Waals surface area contributed by atoms with Gasteiger partial charge in [0.25, 0.3) is 0 Å². The molecule has 112 valence electrons. The van der Waals surface area contributed by atoms with Crippen LogP contribution in [0.4, 0.5) is 0 Å². The van der Waals surface area contributed by atoms with E-state index in [1.54, 1.807) is 6.07 Å². The summed E-state index contributed by atoms with van der Waals surface area (Å²) in [5, 5.41) is 3.93. The number of sulfone groups is 1. The van der Waals surface area contributed by atoms with Crippen molar-refractivity contribution in [3.8, 4) is 11.3 Å². The molecule has 1 fully saturated rings. The van der Waals surface area contributed by atoms with E-state index in [0.29, 0.717) is 18.1 Å².